The minimum atomic E-state index is -1.46. The van der Waals surface area contributed by atoms with Crippen molar-refractivity contribution in [3.8, 4) is 0 Å². The number of aliphatic hydroxyl groups excluding tert-OH is 3. The quantitative estimate of drug-likeness (QED) is 0.395. The van der Waals surface area contributed by atoms with Crippen molar-refractivity contribution in [3.05, 3.63) is 16.2 Å². The first-order valence-corrected chi connectivity index (χ1v) is 7.70. The molecule has 0 amide bonds. The lowest BCUT2D eigenvalue weighted by atomic mass is 10.1. The van der Waals surface area contributed by atoms with Crippen molar-refractivity contribution in [3.63, 3.8) is 0 Å². The second-order valence-corrected chi connectivity index (χ2v) is 6.18. The predicted octanol–water partition coefficient (Wildman–Crippen LogP) is -1.85. The van der Waals surface area contributed by atoms with Gasteiger partial charge in [-0.1, -0.05) is 13.8 Å². The number of fused-ring (bicyclic) bond motifs is 1. The lowest BCUT2D eigenvalue weighted by Gasteiger charge is -2.19. The van der Waals surface area contributed by atoms with Crippen LogP contribution in [0.5, 0.6) is 0 Å². The molecule has 0 radical (unpaired) electrons. The molecule has 0 bridgehead atoms. The van der Waals surface area contributed by atoms with Crippen molar-refractivity contribution >= 4 is 22.9 Å². The number of imidazole rings is 1. The first-order valence-electron chi connectivity index (χ1n) is 7.70. The minimum absolute atomic E-state index is 0.0555. The summed E-state index contributed by atoms with van der Waals surface area (Å²) in [7, 11) is 0. The molecule has 0 saturated carbocycles. The molecule has 11 heteroatoms. The number of ketones is 1. The van der Waals surface area contributed by atoms with Crippen molar-refractivity contribution < 1.29 is 24.9 Å². The number of H-pyrrole nitrogens is 1. The number of anilines is 1. The molecule has 2 aromatic heterocycles. The molecule has 4 atom stereocenters. The lowest BCUT2D eigenvalue weighted by molar-refractivity contribution is -0.0518. The van der Waals surface area contributed by atoms with Gasteiger partial charge in [0.15, 0.2) is 23.2 Å². The first kappa shape index (κ1) is 17.5. The summed E-state index contributed by atoms with van der Waals surface area (Å²) in [4.78, 5) is 34.9. The summed E-state index contributed by atoms with van der Waals surface area (Å²) in [5.74, 6) is -1.21. The van der Waals surface area contributed by atoms with Gasteiger partial charge in [-0.15, -0.1) is 0 Å². The summed E-state index contributed by atoms with van der Waals surface area (Å²) in [6, 6.07) is 0. The molecule has 2 aromatic rings. The standard InChI is InChI=1S/C14H19N5O6/c1-4(2)7(21)11-16-6-10(17-14(15)18-12(6)24)19(11)13-9(23)8(22)5(3-20)25-13/h4-5,8-9,13,20,22-23H,3H2,1-2H3,(H3,15,17,18,24)/t5-,8-,9-,13-/m1/s1. The van der Waals surface area contributed by atoms with Gasteiger partial charge in [0.05, 0.1) is 6.61 Å². The Kier molecular flexibility index (Phi) is 4.33. The molecular formula is C14H19N5O6. The van der Waals surface area contributed by atoms with Gasteiger partial charge >= 0.3 is 0 Å². The number of hydrogen-bond acceptors (Lipinski definition) is 9. The smallest absolute Gasteiger partial charge is 0.280 e. The van der Waals surface area contributed by atoms with E-state index in [9.17, 15) is 24.9 Å². The SMILES string of the molecule is CC(C)C(=O)c1nc2c(=O)[nH]c(N)nc2n1[C@@H]1O[C@H](CO)[C@@H](O)[C@H]1O. The second-order valence-electron chi connectivity index (χ2n) is 6.18. The molecule has 1 aliphatic rings. The number of Topliss-reactive ketones (excluding diaryl/α,β-unsaturated/α-hetero) is 1. The van der Waals surface area contributed by atoms with Crippen LogP contribution in [0.15, 0.2) is 4.79 Å². The number of aromatic amines is 1. The number of carbonyl (C=O) groups excluding carboxylic acids is 1. The second kappa shape index (κ2) is 6.19. The molecule has 3 rings (SSSR count). The van der Waals surface area contributed by atoms with Crippen molar-refractivity contribution in [1.29, 1.82) is 0 Å². The van der Waals surface area contributed by atoms with E-state index in [1.165, 1.54) is 0 Å². The molecule has 25 heavy (non-hydrogen) atoms. The Morgan fingerprint density at radius 2 is 2.04 bits per heavy atom. The van der Waals surface area contributed by atoms with Crippen molar-refractivity contribution in [2.75, 3.05) is 12.3 Å². The number of hydrogen-bond donors (Lipinski definition) is 5. The maximum absolute atomic E-state index is 12.5. The summed E-state index contributed by atoms with van der Waals surface area (Å²) in [5, 5.41) is 29.5. The fourth-order valence-electron chi connectivity index (χ4n) is 2.77. The van der Waals surface area contributed by atoms with Gasteiger partial charge in [-0.05, 0) is 0 Å². The summed E-state index contributed by atoms with van der Waals surface area (Å²) < 4.78 is 6.61. The number of nitrogens with one attached hydrogen (secondary N) is 1. The number of nitrogens with two attached hydrogens (primary N) is 1. The van der Waals surface area contributed by atoms with E-state index >= 15 is 0 Å². The van der Waals surface area contributed by atoms with Crippen LogP contribution in [-0.4, -0.2) is 65.5 Å². The van der Waals surface area contributed by atoms with Gasteiger partial charge in [-0.25, -0.2) is 4.98 Å². The number of aliphatic hydroxyl groups is 3. The van der Waals surface area contributed by atoms with Gasteiger partial charge in [0, 0.05) is 5.92 Å². The van der Waals surface area contributed by atoms with Gasteiger partial charge in [0.25, 0.3) is 5.56 Å². The Labute approximate surface area is 141 Å². The molecule has 0 aromatic carbocycles. The third-order valence-corrected chi connectivity index (χ3v) is 4.09. The van der Waals surface area contributed by atoms with Crippen LogP contribution in [-0.2, 0) is 4.74 Å². The number of aromatic nitrogens is 4. The first-order chi connectivity index (χ1) is 11.8. The Morgan fingerprint density at radius 1 is 1.36 bits per heavy atom. The van der Waals surface area contributed by atoms with Gasteiger partial charge in [-0.3, -0.25) is 19.1 Å². The Morgan fingerprint density at radius 3 is 2.60 bits per heavy atom. The van der Waals surface area contributed by atoms with Crippen LogP contribution >= 0.6 is 0 Å². The fraction of sp³-hybridized carbons (Fsp3) is 0.571. The monoisotopic (exact) mass is 353 g/mol. The molecule has 11 nitrogen and oxygen atoms in total. The number of nitrogens with zero attached hydrogens (tertiary/aromatic N) is 3. The lowest BCUT2D eigenvalue weighted by Crippen LogP contribution is -2.33. The summed E-state index contributed by atoms with van der Waals surface area (Å²) in [5.41, 5.74) is 4.72. The third-order valence-electron chi connectivity index (χ3n) is 4.09. The maximum atomic E-state index is 12.5. The molecule has 1 saturated heterocycles. The van der Waals surface area contributed by atoms with Gasteiger partial charge in [0.1, 0.15) is 18.3 Å². The van der Waals surface area contributed by atoms with Crippen molar-refractivity contribution in [2.24, 2.45) is 5.92 Å². The van der Waals surface area contributed by atoms with E-state index in [2.05, 4.69) is 15.0 Å². The molecule has 0 aliphatic carbocycles. The summed E-state index contributed by atoms with van der Waals surface area (Å²) >= 11 is 0. The van der Waals surface area contributed by atoms with Crippen LogP contribution in [0.2, 0.25) is 0 Å². The normalized spacial score (nSPS) is 26.6. The van der Waals surface area contributed by atoms with Crippen LogP contribution in [0.3, 0.4) is 0 Å². The van der Waals surface area contributed by atoms with E-state index in [0.717, 1.165) is 4.57 Å². The van der Waals surface area contributed by atoms with Crippen LogP contribution in [0, 0.1) is 5.92 Å². The van der Waals surface area contributed by atoms with Gasteiger partial charge in [-0.2, -0.15) is 4.98 Å². The number of nitrogen functional groups attached to an aromatic ring is 1. The highest BCUT2D eigenvalue weighted by atomic mass is 16.6. The molecule has 0 spiro atoms. The van der Waals surface area contributed by atoms with E-state index < -0.39 is 48.4 Å². The van der Waals surface area contributed by atoms with Crippen LogP contribution < -0.4 is 11.3 Å². The van der Waals surface area contributed by atoms with Gasteiger partial charge in [0.2, 0.25) is 11.7 Å². The summed E-state index contributed by atoms with van der Waals surface area (Å²) in [6.07, 6.45) is -5.16. The Bertz CT molecular complexity index is 874. The molecule has 1 fully saturated rings. The number of ether oxygens (including phenoxy) is 1. The van der Waals surface area contributed by atoms with Crippen molar-refractivity contribution in [2.45, 2.75) is 38.4 Å². The van der Waals surface area contributed by atoms with Crippen LogP contribution in [0.1, 0.15) is 30.7 Å². The predicted molar refractivity (Wildman–Crippen MR) is 84.7 cm³/mol. The summed E-state index contributed by atoms with van der Waals surface area (Å²) in [6.45, 7) is 2.76. The largest absolute Gasteiger partial charge is 0.394 e. The highest BCUT2D eigenvalue weighted by Gasteiger charge is 2.45. The van der Waals surface area contributed by atoms with E-state index in [4.69, 9.17) is 10.5 Å². The average Bonchev–Trinajstić information content (AvgIpc) is 3.05. The zero-order chi connectivity index (χ0) is 18.5. The Hall–Kier alpha value is -2.34. The highest BCUT2D eigenvalue weighted by Crippen LogP contribution is 2.33. The molecule has 1 aliphatic heterocycles. The van der Waals surface area contributed by atoms with E-state index in [-0.39, 0.29) is 22.9 Å². The molecular weight excluding hydrogens is 334 g/mol. The van der Waals surface area contributed by atoms with Crippen LogP contribution in [0.4, 0.5) is 5.95 Å². The topological polar surface area (TPSA) is 177 Å². The minimum Gasteiger partial charge on any atom is -0.394 e. The van der Waals surface area contributed by atoms with Crippen LogP contribution in [0.25, 0.3) is 11.2 Å². The van der Waals surface area contributed by atoms with Crippen molar-refractivity contribution in [1.82, 2.24) is 19.5 Å². The molecule has 6 N–H and O–H groups in total. The zero-order valence-corrected chi connectivity index (χ0v) is 13.6. The molecule has 3 heterocycles. The average molecular weight is 353 g/mol. The van der Waals surface area contributed by atoms with E-state index in [1.807, 2.05) is 0 Å². The highest BCUT2D eigenvalue weighted by molar-refractivity contribution is 5.97. The third kappa shape index (κ3) is 2.70. The molecule has 0 unspecified atom stereocenters. The molecule has 136 valence electrons. The van der Waals surface area contributed by atoms with E-state index in [1.54, 1.807) is 13.8 Å². The van der Waals surface area contributed by atoms with E-state index in [0.29, 0.717) is 0 Å². The number of carbonyl (C=O) groups is 1. The maximum Gasteiger partial charge on any atom is 0.280 e. The zero-order valence-electron chi connectivity index (χ0n) is 13.6. The Balaban J connectivity index is 2.26. The van der Waals surface area contributed by atoms with Gasteiger partial charge < -0.3 is 25.8 Å². The number of rotatable bonds is 4. The fourth-order valence-corrected chi connectivity index (χ4v) is 2.77.